The highest BCUT2D eigenvalue weighted by Crippen LogP contribution is 2.20. The van der Waals surface area contributed by atoms with E-state index in [0.717, 1.165) is 0 Å². The zero-order valence-corrected chi connectivity index (χ0v) is 9.18. The summed E-state index contributed by atoms with van der Waals surface area (Å²) in [5.41, 5.74) is 0.175. The van der Waals surface area contributed by atoms with Crippen molar-refractivity contribution in [2.24, 2.45) is 0 Å². The maximum absolute atomic E-state index is 11.0. The van der Waals surface area contributed by atoms with Gasteiger partial charge in [-0.25, -0.2) is 4.79 Å². The number of hydrogen-bond acceptors (Lipinski definition) is 2. The van der Waals surface area contributed by atoms with Crippen LogP contribution >= 0.6 is 15.9 Å². The first kappa shape index (κ1) is 10.4. The molecule has 0 aliphatic carbocycles. The molecule has 0 heterocycles. The Morgan fingerprint density at radius 2 is 2.15 bits per heavy atom. The van der Waals surface area contributed by atoms with Crippen LogP contribution in [0.1, 0.15) is 10.4 Å². The van der Waals surface area contributed by atoms with Gasteiger partial charge in [0.15, 0.2) is 0 Å². The second kappa shape index (κ2) is 4.02. The van der Waals surface area contributed by atoms with E-state index in [1.54, 1.807) is 18.4 Å². The Morgan fingerprint density at radius 1 is 1.54 bits per heavy atom. The molecule has 1 N–H and O–H groups in total. The van der Waals surface area contributed by atoms with Crippen LogP contribution < -0.4 is 0 Å². The van der Waals surface area contributed by atoms with Crippen LogP contribution in [-0.4, -0.2) is 21.5 Å². The quantitative estimate of drug-likeness (QED) is 0.886. The van der Waals surface area contributed by atoms with Gasteiger partial charge in [0.05, 0.1) is 5.56 Å². The van der Waals surface area contributed by atoms with E-state index in [2.05, 4.69) is 15.9 Å². The molecule has 70 valence electrons. The van der Waals surface area contributed by atoms with Crippen molar-refractivity contribution in [1.29, 1.82) is 0 Å². The third-order valence-electron chi connectivity index (χ3n) is 1.50. The normalized spacial score (nSPS) is 12.5. The monoisotopic (exact) mass is 262 g/mol. The molecule has 3 nitrogen and oxygen atoms in total. The van der Waals surface area contributed by atoms with Gasteiger partial charge in [0.25, 0.3) is 0 Å². The molecule has 1 atom stereocenters. The summed E-state index contributed by atoms with van der Waals surface area (Å²) in [6.07, 6.45) is 1.54. The fraction of sp³-hybridized carbons (Fsp3) is 0.125. The van der Waals surface area contributed by atoms with Crippen LogP contribution in [0.15, 0.2) is 27.6 Å². The number of halogens is 1. The number of carboxylic acid groups (broad SMARTS) is 1. The van der Waals surface area contributed by atoms with Gasteiger partial charge in [-0.2, -0.15) is 0 Å². The average molecular weight is 263 g/mol. The summed E-state index contributed by atoms with van der Waals surface area (Å²) in [5, 5.41) is 8.69. The van der Waals surface area contributed by atoms with Gasteiger partial charge in [0.2, 0.25) is 0 Å². The lowest BCUT2D eigenvalue weighted by molar-refractivity contribution is 0.0696. The number of aromatic carboxylic acids is 1. The molecule has 0 fully saturated rings. The molecule has 0 radical (unpaired) electrons. The zero-order chi connectivity index (χ0) is 10.0. The standard InChI is InChI=1S/C8H7BrO3S/c1-13(12)5-2-3-6(8(10)11)7(9)4-5/h2-4H,1H3,(H,10,11). The van der Waals surface area contributed by atoms with E-state index in [-0.39, 0.29) is 5.56 Å². The first-order valence-electron chi connectivity index (χ1n) is 3.38. The van der Waals surface area contributed by atoms with Crippen molar-refractivity contribution in [1.82, 2.24) is 0 Å². The van der Waals surface area contributed by atoms with Crippen LogP contribution in [0.2, 0.25) is 0 Å². The highest BCUT2D eigenvalue weighted by atomic mass is 79.9. The van der Waals surface area contributed by atoms with Crippen molar-refractivity contribution < 1.29 is 14.1 Å². The largest absolute Gasteiger partial charge is 0.478 e. The predicted molar refractivity (Wildman–Crippen MR) is 53.4 cm³/mol. The molecule has 0 saturated carbocycles. The van der Waals surface area contributed by atoms with Gasteiger partial charge in [0, 0.05) is 26.4 Å². The summed E-state index contributed by atoms with van der Waals surface area (Å²) in [6, 6.07) is 4.53. The van der Waals surface area contributed by atoms with E-state index >= 15 is 0 Å². The highest BCUT2D eigenvalue weighted by Gasteiger charge is 2.09. The topological polar surface area (TPSA) is 54.4 Å². The first-order chi connectivity index (χ1) is 6.02. The Hall–Kier alpha value is -0.680. The van der Waals surface area contributed by atoms with Gasteiger partial charge in [0.1, 0.15) is 0 Å². The second-order valence-corrected chi connectivity index (χ2v) is 4.63. The fourth-order valence-electron chi connectivity index (χ4n) is 0.848. The Bertz CT molecular complexity index is 376. The summed E-state index contributed by atoms with van der Waals surface area (Å²) in [4.78, 5) is 11.2. The van der Waals surface area contributed by atoms with E-state index in [0.29, 0.717) is 9.37 Å². The van der Waals surface area contributed by atoms with Crippen molar-refractivity contribution in [2.45, 2.75) is 4.90 Å². The molecule has 0 aliphatic rings. The van der Waals surface area contributed by atoms with Crippen molar-refractivity contribution in [3.63, 3.8) is 0 Å². The molecule has 0 spiro atoms. The molecule has 1 aromatic rings. The van der Waals surface area contributed by atoms with Crippen molar-refractivity contribution in [3.8, 4) is 0 Å². The first-order valence-corrected chi connectivity index (χ1v) is 5.73. The van der Waals surface area contributed by atoms with Crippen LogP contribution in [0.5, 0.6) is 0 Å². The van der Waals surface area contributed by atoms with Crippen LogP contribution in [0.3, 0.4) is 0 Å². The average Bonchev–Trinajstić information content (AvgIpc) is 2.03. The molecular weight excluding hydrogens is 256 g/mol. The molecule has 1 unspecified atom stereocenters. The zero-order valence-electron chi connectivity index (χ0n) is 6.78. The molecular formula is C8H7BrO3S. The Balaban J connectivity index is 3.20. The molecule has 1 rings (SSSR count). The van der Waals surface area contributed by atoms with Gasteiger partial charge in [-0.1, -0.05) is 0 Å². The Labute approximate surface area is 86.4 Å². The third kappa shape index (κ3) is 2.38. The molecule has 0 amide bonds. The van der Waals surface area contributed by atoms with Crippen LogP contribution in [-0.2, 0) is 10.8 Å². The number of benzene rings is 1. The number of carbonyl (C=O) groups is 1. The second-order valence-electron chi connectivity index (χ2n) is 2.40. The van der Waals surface area contributed by atoms with E-state index < -0.39 is 16.8 Å². The predicted octanol–water partition coefficient (Wildman–Crippen LogP) is 1.88. The van der Waals surface area contributed by atoms with E-state index in [1.165, 1.54) is 6.07 Å². The third-order valence-corrected chi connectivity index (χ3v) is 3.08. The van der Waals surface area contributed by atoms with E-state index in [9.17, 15) is 9.00 Å². The SMILES string of the molecule is CS(=O)c1ccc(C(=O)O)c(Br)c1. The maximum atomic E-state index is 11.0. The van der Waals surface area contributed by atoms with Gasteiger partial charge in [-0.15, -0.1) is 0 Å². The smallest absolute Gasteiger partial charge is 0.336 e. The van der Waals surface area contributed by atoms with Gasteiger partial charge in [-0.3, -0.25) is 4.21 Å². The molecule has 1 aromatic carbocycles. The molecule has 0 aromatic heterocycles. The summed E-state index contributed by atoms with van der Waals surface area (Å²) in [5.74, 6) is -1.000. The Kier molecular flexibility index (Phi) is 3.22. The minimum absolute atomic E-state index is 0.175. The number of hydrogen-bond donors (Lipinski definition) is 1. The van der Waals surface area contributed by atoms with Gasteiger partial charge >= 0.3 is 5.97 Å². The minimum Gasteiger partial charge on any atom is -0.478 e. The summed E-state index contributed by atoms with van der Waals surface area (Å²) in [6.45, 7) is 0. The fourth-order valence-corrected chi connectivity index (χ4v) is 2.09. The van der Waals surface area contributed by atoms with Crippen molar-refractivity contribution in [3.05, 3.63) is 28.2 Å². The molecule has 13 heavy (non-hydrogen) atoms. The van der Waals surface area contributed by atoms with Gasteiger partial charge < -0.3 is 5.11 Å². The van der Waals surface area contributed by atoms with E-state index in [1.807, 2.05) is 0 Å². The Morgan fingerprint density at radius 3 is 2.54 bits per heavy atom. The lowest BCUT2D eigenvalue weighted by atomic mass is 10.2. The van der Waals surface area contributed by atoms with Crippen molar-refractivity contribution in [2.75, 3.05) is 6.26 Å². The molecule has 0 aliphatic heterocycles. The van der Waals surface area contributed by atoms with Crippen LogP contribution in [0.4, 0.5) is 0 Å². The van der Waals surface area contributed by atoms with Crippen molar-refractivity contribution >= 4 is 32.7 Å². The lowest BCUT2D eigenvalue weighted by Crippen LogP contribution is -1.98. The van der Waals surface area contributed by atoms with Crippen LogP contribution in [0.25, 0.3) is 0 Å². The minimum atomic E-state index is -1.08. The van der Waals surface area contributed by atoms with Gasteiger partial charge in [-0.05, 0) is 34.1 Å². The molecule has 5 heteroatoms. The lowest BCUT2D eigenvalue weighted by Gasteiger charge is -2.00. The summed E-state index contributed by atoms with van der Waals surface area (Å²) in [7, 11) is -1.08. The maximum Gasteiger partial charge on any atom is 0.336 e. The van der Waals surface area contributed by atoms with E-state index in [4.69, 9.17) is 5.11 Å². The highest BCUT2D eigenvalue weighted by molar-refractivity contribution is 9.10. The number of carboxylic acids is 1. The van der Waals surface area contributed by atoms with Crippen LogP contribution in [0, 0.1) is 0 Å². The number of rotatable bonds is 2. The molecule has 0 saturated heterocycles. The summed E-state index contributed by atoms with van der Waals surface area (Å²) >= 11 is 3.10. The summed E-state index contributed by atoms with van der Waals surface area (Å²) < 4.78 is 11.5. The molecule has 0 bridgehead atoms.